The average molecular weight is 258 g/mol. The third-order valence-corrected chi connectivity index (χ3v) is 4.15. The number of anilines is 1. The van der Waals surface area contributed by atoms with E-state index < -0.39 is 0 Å². The van der Waals surface area contributed by atoms with Crippen LogP contribution in [-0.4, -0.2) is 0 Å². The molecule has 92 valence electrons. The minimum absolute atomic E-state index is 0.621. The zero-order chi connectivity index (χ0) is 12.5. The van der Waals surface area contributed by atoms with Gasteiger partial charge in [0.25, 0.3) is 0 Å². The van der Waals surface area contributed by atoms with Crippen LogP contribution in [0.5, 0.6) is 0 Å². The molecule has 3 rings (SSSR count). The summed E-state index contributed by atoms with van der Waals surface area (Å²) in [6.07, 6.45) is 4.06. The molecule has 0 aliphatic heterocycles. The van der Waals surface area contributed by atoms with Crippen LogP contribution < -0.4 is 5.73 Å². The van der Waals surface area contributed by atoms with Crippen molar-refractivity contribution in [2.24, 2.45) is 0 Å². The van der Waals surface area contributed by atoms with Crippen molar-refractivity contribution < 1.29 is 0 Å². The van der Waals surface area contributed by atoms with E-state index >= 15 is 0 Å². The van der Waals surface area contributed by atoms with Gasteiger partial charge in [-0.05, 0) is 47.6 Å². The molecule has 1 nitrogen and oxygen atoms in total. The SMILES string of the molecule is Nc1ccc(-c2ccc(C3CCC3)cc2)cc1Cl. The molecule has 0 bridgehead atoms. The minimum atomic E-state index is 0.621. The second kappa shape index (κ2) is 4.66. The molecular formula is C16H16ClN. The average Bonchev–Trinajstić information content (AvgIpc) is 2.32. The summed E-state index contributed by atoms with van der Waals surface area (Å²) in [7, 11) is 0. The van der Waals surface area contributed by atoms with Gasteiger partial charge < -0.3 is 5.73 Å². The van der Waals surface area contributed by atoms with Crippen LogP contribution in [0.15, 0.2) is 42.5 Å². The summed E-state index contributed by atoms with van der Waals surface area (Å²) in [6, 6.07) is 14.6. The summed E-state index contributed by atoms with van der Waals surface area (Å²) in [6.45, 7) is 0. The largest absolute Gasteiger partial charge is 0.398 e. The smallest absolute Gasteiger partial charge is 0.0641 e. The Bertz CT molecular complexity index is 556. The maximum atomic E-state index is 6.05. The van der Waals surface area contributed by atoms with E-state index in [0.29, 0.717) is 10.7 Å². The van der Waals surface area contributed by atoms with Gasteiger partial charge in [-0.25, -0.2) is 0 Å². The summed E-state index contributed by atoms with van der Waals surface area (Å²) < 4.78 is 0. The summed E-state index contributed by atoms with van der Waals surface area (Å²) in [4.78, 5) is 0. The van der Waals surface area contributed by atoms with Gasteiger partial charge in [0.15, 0.2) is 0 Å². The predicted molar refractivity (Wildman–Crippen MR) is 77.9 cm³/mol. The molecule has 2 heteroatoms. The number of hydrogen-bond donors (Lipinski definition) is 1. The fourth-order valence-corrected chi connectivity index (χ4v) is 2.58. The van der Waals surface area contributed by atoms with E-state index in [2.05, 4.69) is 24.3 Å². The number of halogens is 1. The number of rotatable bonds is 2. The molecule has 0 amide bonds. The van der Waals surface area contributed by atoms with Gasteiger partial charge in [-0.3, -0.25) is 0 Å². The highest BCUT2D eigenvalue weighted by Gasteiger charge is 2.18. The number of nitrogen functional groups attached to an aromatic ring is 1. The lowest BCUT2D eigenvalue weighted by atomic mass is 9.80. The van der Waals surface area contributed by atoms with Crippen molar-refractivity contribution >= 4 is 17.3 Å². The molecule has 0 unspecified atom stereocenters. The second-order valence-electron chi connectivity index (χ2n) is 4.99. The molecule has 0 atom stereocenters. The van der Waals surface area contributed by atoms with Gasteiger partial charge in [0.05, 0.1) is 10.7 Å². The first-order valence-electron chi connectivity index (χ1n) is 6.39. The standard InChI is InChI=1S/C16H16ClN/c17-15-10-14(8-9-16(15)18)13-6-4-12(5-7-13)11-2-1-3-11/h4-11H,1-3,18H2. The van der Waals surface area contributed by atoms with Gasteiger partial charge in [0, 0.05) is 0 Å². The Kier molecular flexibility index (Phi) is 3.00. The van der Waals surface area contributed by atoms with Crippen LogP contribution in [0.2, 0.25) is 5.02 Å². The zero-order valence-corrected chi connectivity index (χ0v) is 11.0. The Labute approximate surface area is 113 Å². The summed E-state index contributed by atoms with van der Waals surface area (Å²) in [5, 5.41) is 0.621. The molecule has 0 radical (unpaired) electrons. The Morgan fingerprint density at radius 1 is 0.944 bits per heavy atom. The number of nitrogens with two attached hydrogens (primary N) is 1. The first kappa shape index (κ1) is 11.6. The van der Waals surface area contributed by atoms with Gasteiger partial charge in [-0.1, -0.05) is 48.4 Å². The summed E-state index contributed by atoms with van der Waals surface area (Å²) >= 11 is 6.05. The van der Waals surface area contributed by atoms with Crippen molar-refractivity contribution in [1.82, 2.24) is 0 Å². The van der Waals surface area contributed by atoms with Crippen molar-refractivity contribution in [3.05, 3.63) is 53.1 Å². The third-order valence-electron chi connectivity index (χ3n) is 3.82. The van der Waals surface area contributed by atoms with Gasteiger partial charge in [0.1, 0.15) is 0 Å². The summed E-state index contributed by atoms with van der Waals surface area (Å²) in [5.41, 5.74) is 10.1. The molecule has 0 spiro atoms. The van der Waals surface area contributed by atoms with Gasteiger partial charge >= 0.3 is 0 Å². The minimum Gasteiger partial charge on any atom is -0.398 e. The van der Waals surface area contributed by atoms with E-state index in [4.69, 9.17) is 17.3 Å². The zero-order valence-electron chi connectivity index (χ0n) is 10.2. The van der Waals surface area contributed by atoms with Crippen LogP contribution in [0.3, 0.4) is 0 Å². The molecule has 1 aliphatic carbocycles. The highest BCUT2D eigenvalue weighted by atomic mass is 35.5. The van der Waals surface area contributed by atoms with Gasteiger partial charge in [-0.2, -0.15) is 0 Å². The van der Waals surface area contributed by atoms with Crippen LogP contribution in [0, 0.1) is 0 Å². The van der Waals surface area contributed by atoms with Crippen molar-refractivity contribution in [3.8, 4) is 11.1 Å². The van der Waals surface area contributed by atoms with E-state index in [0.717, 1.165) is 11.5 Å². The van der Waals surface area contributed by atoms with Gasteiger partial charge in [-0.15, -0.1) is 0 Å². The monoisotopic (exact) mass is 257 g/mol. The highest BCUT2D eigenvalue weighted by molar-refractivity contribution is 6.33. The molecule has 0 heterocycles. The Morgan fingerprint density at radius 3 is 2.17 bits per heavy atom. The first-order chi connectivity index (χ1) is 8.74. The van der Waals surface area contributed by atoms with Crippen molar-refractivity contribution in [1.29, 1.82) is 0 Å². The molecular weight excluding hydrogens is 242 g/mol. The van der Waals surface area contributed by atoms with E-state index in [-0.39, 0.29) is 0 Å². The molecule has 1 fully saturated rings. The predicted octanol–water partition coefficient (Wildman–Crippen LogP) is 4.86. The molecule has 18 heavy (non-hydrogen) atoms. The van der Waals surface area contributed by atoms with Crippen LogP contribution in [-0.2, 0) is 0 Å². The molecule has 2 aromatic carbocycles. The molecule has 2 aromatic rings. The molecule has 0 saturated heterocycles. The third kappa shape index (κ3) is 2.11. The maximum Gasteiger partial charge on any atom is 0.0641 e. The molecule has 1 aliphatic rings. The highest BCUT2D eigenvalue weighted by Crippen LogP contribution is 2.37. The first-order valence-corrected chi connectivity index (χ1v) is 6.77. The second-order valence-corrected chi connectivity index (χ2v) is 5.39. The quantitative estimate of drug-likeness (QED) is 0.764. The molecule has 0 aromatic heterocycles. The van der Waals surface area contributed by atoms with Gasteiger partial charge in [0.2, 0.25) is 0 Å². The van der Waals surface area contributed by atoms with Crippen LogP contribution >= 0.6 is 11.6 Å². The molecule has 1 saturated carbocycles. The van der Waals surface area contributed by atoms with Crippen LogP contribution in [0.25, 0.3) is 11.1 Å². The fourth-order valence-electron chi connectivity index (χ4n) is 2.40. The van der Waals surface area contributed by atoms with E-state index in [1.165, 1.54) is 30.4 Å². The fraction of sp³-hybridized carbons (Fsp3) is 0.250. The lowest BCUT2D eigenvalue weighted by Crippen LogP contribution is -2.08. The van der Waals surface area contributed by atoms with E-state index in [1.54, 1.807) is 0 Å². The van der Waals surface area contributed by atoms with Crippen LogP contribution in [0.1, 0.15) is 30.7 Å². The normalized spacial score (nSPS) is 15.4. The summed E-state index contributed by atoms with van der Waals surface area (Å²) in [5.74, 6) is 0.786. The Morgan fingerprint density at radius 2 is 1.61 bits per heavy atom. The lowest BCUT2D eigenvalue weighted by molar-refractivity contribution is 0.420. The van der Waals surface area contributed by atoms with Crippen molar-refractivity contribution in [2.75, 3.05) is 5.73 Å². The maximum absolute atomic E-state index is 6.05. The van der Waals surface area contributed by atoms with E-state index in [1.807, 2.05) is 18.2 Å². The molecule has 2 N–H and O–H groups in total. The van der Waals surface area contributed by atoms with Crippen molar-refractivity contribution in [2.45, 2.75) is 25.2 Å². The Hall–Kier alpha value is -1.47. The Balaban J connectivity index is 1.89. The van der Waals surface area contributed by atoms with E-state index in [9.17, 15) is 0 Å². The number of hydrogen-bond acceptors (Lipinski definition) is 1. The van der Waals surface area contributed by atoms with Crippen molar-refractivity contribution in [3.63, 3.8) is 0 Å². The lowest BCUT2D eigenvalue weighted by Gasteiger charge is -2.25. The topological polar surface area (TPSA) is 26.0 Å². The van der Waals surface area contributed by atoms with Crippen LogP contribution in [0.4, 0.5) is 5.69 Å². The number of benzene rings is 2.